The molecular formula is C12H21N3OS. The number of carbonyl (C=O) groups is 1. The summed E-state index contributed by atoms with van der Waals surface area (Å²) < 4.78 is 1.76. The monoisotopic (exact) mass is 255 g/mol. The summed E-state index contributed by atoms with van der Waals surface area (Å²) in [4.78, 5) is 11.7. The third-order valence-electron chi connectivity index (χ3n) is 2.55. The molecule has 0 saturated carbocycles. The molecule has 1 aromatic rings. The van der Waals surface area contributed by atoms with Gasteiger partial charge in [0.2, 0.25) is 5.91 Å². The van der Waals surface area contributed by atoms with E-state index >= 15 is 0 Å². The molecule has 0 bridgehead atoms. The molecule has 1 N–H and O–H groups in total. The Morgan fingerprint density at radius 1 is 1.59 bits per heavy atom. The minimum atomic E-state index is 0.0860. The maximum Gasteiger partial charge on any atom is 0.221 e. The summed E-state index contributed by atoms with van der Waals surface area (Å²) >= 11 is 1.79. The zero-order valence-corrected chi connectivity index (χ0v) is 11.6. The van der Waals surface area contributed by atoms with Crippen LogP contribution in [0.2, 0.25) is 0 Å². The SMILES string of the molecule is CCSCCC(=O)NC(CC)c1cnn(C)c1. The van der Waals surface area contributed by atoms with Crippen LogP contribution in [0, 0.1) is 0 Å². The first kappa shape index (κ1) is 14.1. The Balaban J connectivity index is 2.44. The van der Waals surface area contributed by atoms with Gasteiger partial charge < -0.3 is 5.32 Å². The molecule has 0 aliphatic carbocycles. The number of hydrogen-bond acceptors (Lipinski definition) is 3. The molecule has 1 heterocycles. The van der Waals surface area contributed by atoms with Crippen molar-refractivity contribution in [2.24, 2.45) is 7.05 Å². The molecule has 1 aromatic heterocycles. The van der Waals surface area contributed by atoms with Gasteiger partial charge in [0.1, 0.15) is 0 Å². The third-order valence-corrected chi connectivity index (χ3v) is 3.45. The number of rotatable bonds is 7. The van der Waals surface area contributed by atoms with Crippen LogP contribution in [0.5, 0.6) is 0 Å². The van der Waals surface area contributed by atoms with Gasteiger partial charge in [0.05, 0.1) is 12.2 Å². The Hall–Kier alpha value is -0.970. The van der Waals surface area contributed by atoms with Crippen molar-refractivity contribution in [2.75, 3.05) is 11.5 Å². The van der Waals surface area contributed by atoms with Gasteiger partial charge >= 0.3 is 0 Å². The van der Waals surface area contributed by atoms with E-state index in [2.05, 4.69) is 24.3 Å². The molecule has 0 radical (unpaired) electrons. The van der Waals surface area contributed by atoms with Gasteiger partial charge in [0.25, 0.3) is 0 Å². The predicted molar refractivity (Wildman–Crippen MR) is 72.0 cm³/mol. The fraction of sp³-hybridized carbons (Fsp3) is 0.667. The highest BCUT2D eigenvalue weighted by Gasteiger charge is 2.13. The van der Waals surface area contributed by atoms with Crippen molar-refractivity contribution in [1.29, 1.82) is 0 Å². The van der Waals surface area contributed by atoms with Crippen molar-refractivity contribution in [3.63, 3.8) is 0 Å². The molecule has 1 rings (SSSR count). The van der Waals surface area contributed by atoms with Crippen LogP contribution in [0.15, 0.2) is 12.4 Å². The quantitative estimate of drug-likeness (QED) is 0.759. The smallest absolute Gasteiger partial charge is 0.221 e. The lowest BCUT2D eigenvalue weighted by atomic mass is 10.1. The van der Waals surface area contributed by atoms with Crippen molar-refractivity contribution in [1.82, 2.24) is 15.1 Å². The molecule has 5 heteroatoms. The summed E-state index contributed by atoms with van der Waals surface area (Å²) in [6, 6.07) is 0.0860. The molecule has 0 spiro atoms. The number of amides is 1. The predicted octanol–water partition coefficient (Wildman–Crippen LogP) is 2.13. The van der Waals surface area contributed by atoms with Crippen LogP contribution in [0.4, 0.5) is 0 Å². The van der Waals surface area contributed by atoms with Crippen LogP contribution in [-0.4, -0.2) is 27.2 Å². The first-order chi connectivity index (χ1) is 8.17. The van der Waals surface area contributed by atoms with E-state index in [1.807, 2.05) is 19.4 Å². The highest BCUT2D eigenvalue weighted by Crippen LogP contribution is 2.15. The van der Waals surface area contributed by atoms with Gasteiger partial charge in [-0.05, 0) is 12.2 Å². The van der Waals surface area contributed by atoms with Crippen molar-refractivity contribution < 1.29 is 4.79 Å². The Kier molecular flexibility index (Phi) is 6.11. The van der Waals surface area contributed by atoms with Gasteiger partial charge in [-0.3, -0.25) is 9.48 Å². The highest BCUT2D eigenvalue weighted by molar-refractivity contribution is 7.99. The van der Waals surface area contributed by atoms with E-state index < -0.39 is 0 Å². The summed E-state index contributed by atoms with van der Waals surface area (Å²) in [7, 11) is 1.88. The normalized spacial score (nSPS) is 12.4. The van der Waals surface area contributed by atoms with E-state index in [1.165, 1.54) is 0 Å². The molecule has 0 aromatic carbocycles. The standard InChI is InChI=1S/C12H21N3OS/c1-4-11(10-8-13-15(3)9-10)14-12(16)6-7-17-5-2/h8-9,11H,4-7H2,1-3H3,(H,14,16). The van der Waals surface area contributed by atoms with Gasteiger partial charge in [0.15, 0.2) is 0 Å². The zero-order chi connectivity index (χ0) is 12.7. The lowest BCUT2D eigenvalue weighted by Gasteiger charge is -2.15. The fourth-order valence-electron chi connectivity index (χ4n) is 1.62. The average molecular weight is 255 g/mol. The molecule has 0 aliphatic rings. The summed E-state index contributed by atoms with van der Waals surface area (Å²) in [5.74, 6) is 2.08. The Bertz CT molecular complexity index is 351. The van der Waals surface area contributed by atoms with E-state index in [4.69, 9.17) is 0 Å². The second-order valence-corrected chi connectivity index (χ2v) is 5.32. The number of carbonyl (C=O) groups excluding carboxylic acids is 1. The first-order valence-corrected chi connectivity index (χ1v) is 7.18. The summed E-state index contributed by atoms with van der Waals surface area (Å²) in [5.41, 5.74) is 1.08. The Morgan fingerprint density at radius 2 is 2.35 bits per heavy atom. The van der Waals surface area contributed by atoms with Gasteiger partial charge in [-0.1, -0.05) is 13.8 Å². The van der Waals surface area contributed by atoms with Gasteiger partial charge in [-0.15, -0.1) is 0 Å². The van der Waals surface area contributed by atoms with Crippen LogP contribution in [0.1, 0.15) is 38.3 Å². The Labute approximate surface area is 107 Å². The number of nitrogens with one attached hydrogen (secondary N) is 1. The third kappa shape index (κ3) is 4.81. The summed E-state index contributed by atoms with van der Waals surface area (Å²) in [6.07, 6.45) is 5.25. The number of aromatic nitrogens is 2. The summed E-state index contributed by atoms with van der Waals surface area (Å²) in [6.45, 7) is 4.17. The first-order valence-electron chi connectivity index (χ1n) is 6.03. The molecule has 96 valence electrons. The number of hydrogen-bond donors (Lipinski definition) is 1. The second-order valence-electron chi connectivity index (χ2n) is 3.92. The van der Waals surface area contributed by atoms with Crippen molar-refractivity contribution >= 4 is 17.7 Å². The van der Waals surface area contributed by atoms with Crippen molar-refractivity contribution in [3.8, 4) is 0 Å². The van der Waals surface area contributed by atoms with Crippen LogP contribution in [0.3, 0.4) is 0 Å². The van der Waals surface area contributed by atoms with E-state index in [1.54, 1.807) is 16.4 Å². The van der Waals surface area contributed by atoms with E-state index in [9.17, 15) is 4.79 Å². The molecule has 17 heavy (non-hydrogen) atoms. The zero-order valence-electron chi connectivity index (χ0n) is 10.8. The van der Waals surface area contributed by atoms with Crippen molar-refractivity contribution in [2.45, 2.75) is 32.7 Å². The Morgan fingerprint density at radius 3 is 2.88 bits per heavy atom. The van der Waals surface area contributed by atoms with E-state index in [0.717, 1.165) is 23.5 Å². The molecular weight excluding hydrogens is 234 g/mol. The van der Waals surface area contributed by atoms with Crippen LogP contribution >= 0.6 is 11.8 Å². The molecule has 1 amide bonds. The lowest BCUT2D eigenvalue weighted by molar-refractivity contribution is -0.121. The maximum absolute atomic E-state index is 11.7. The number of aryl methyl sites for hydroxylation is 1. The fourth-order valence-corrected chi connectivity index (χ4v) is 2.24. The topological polar surface area (TPSA) is 46.9 Å². The molecule has 1 unspecified atom stereocenters. The lowest BCUT2D eigenvalue weighted by Crippen LogP contribution is -2.28. The largest absolute Gasteiger partial charge is 0.349 e. The van der Waals surface area contributed by atoms with Crippen LogP contribution in [0.25, 0.3) is 0 Å². The van der Waals surface area contributed by atoms with Gasteiger partial charge in [-0.2, -0.15) is 16.9 Å². The van der Waals surface area contributed by atoms with Gasteiger partial charge in [0, 0.05) is 31.0 Å². The average Bonchev–Trinajstić information content (AvgIpc) is 2.73. The van der Waals surface area contributed by atoms with Crippen LogP contribution in [-0.2, 0) is 11.8 Å². The van der Waals surface area contributed by atoms with E-state index in [-0.39, 0.29) is 11.9 Å². The molecule has 0 aliphatic heterocycles. The van der Waals surface area contributed by atoms with Crippen LogP contribution < -0.4 is 5.32 Å². The molecule has 0 saturated heterocycles. The maximum atomic E-state index is 11.7. The highest BCUT2D eigenvalue weighted by atomic mass is 32.2. The minimum absolute atomic E-state index is 0.0860. The minimum Gasteiger partial charge on any atom is -0.349 e. The molecule has 4 nitrogen and oxygen atoms in total. The molecule has 1 atom stereocenters. The van der Waals surface area contributed by atoms with Gasteiger partial charge in [-0.25, -0.2) is 0 Å². The number of nitrogens with zero attached hydrogens (tertiary/aromatic N) is 2. The van der Waals surface area contributed by atoms with Crippen molar-refractivity contribution in [3.05, 3.63) is 18.0 Å². The summed E-state index contributed by atoms with van der Waals surface area (Å²) in [5, 5.41) is 7.18. The number of thioether (sulfide) groups is 1. The molecule has 0 fully saturated rings. The second kappa shape index (κ2) is 7.37. The van der Waals surface area contributed by atoms with E-state index in [0.29, 0.717) is 6.42 Å².